The SMILES string of the molecule is C=CCn1c(SCn2cc([N+](=O)[O-])cn2)nnc1C(C)Oc1ccc(C(C)C)cc1. The highest BCUT2D eigenvalue weighted by Gasteiger charge is 2.19. The van der Waals surface area contributed by atoms with E-state index in [4.69, 9.17) is 4.74 Å². The first-order valence-corrected chi connectivity index (χ1v) is 10.5. The van der Waals surface area contributed by atoms with Crippen LogP contribution < -0.4 is 4.74 Å². The lowest BCUT2D eigenvalue weighted by atomic mass is 10.0. The van der Waals surface area contributed by atoms with Crippen LogP contribution in [-0.2, 0) is 12.4 Å². The Kier molecular flexibility index (Phi) is 6.88. The van der Waals surface area contributed by atoms with Gasteiger partial charge in [0, 0.05) is 6.54 Å². The van der Waals surface area contributed by atoms with Crippen LogP contribution in [0.4, 0.5) is 5.69 Å². The molecule has 158 valence electrons. The summed E-state index contributed by atoms with van der Waals surface area (Å²) in [7, 11) is 0. The van der Waals surface area contributed by atoms with E-state index in [1.54, 1.807) is 6.08 Å². The molecule has 9 nitrogen and oxygen atoms in total. The smallest absolute Gasteiger partial charge is 0.307 e. The van der Waals surface area contributed by atoms with Crippen LogP contribution in [-0.4, -0.2) is 29.5 Å². The van der Waals surface area contributed by atoms with E-state index in [1.165, 1.54) is 34.4 Å². The second-order valence-electron chi connectivity index (χ2n) is 6.99. The number of hydrogen-bond donors (Lipinski definition) is 0. The van der Waals surface area contributed by atoms with Crippen molar-refractivity contribution in [3.8, 4) is 5.75 Å². The number of ether oxygens (including phenoxy) is 1. The number of rotatable bonds is 10. The molecule has 0 aliphatic carbocycles. The van der Waals surface area contributed by atoms with E-state index in [0.29, 0.717) is 29.3 Å². The van der Waals surface area contributed by atoms with Gasteiger partial charge in [-0.2, -0.15) is 5.10 Å². The topological polar surface area (TPSA) is 101 Å². The Bertz CT molecular complexity index is 1010. The molecule has 0 fully saturated rings. The average molecular weight is 429 g/mol. The molecule has 1 unspecified atom stereocenters. The van der Waals surface area contributed by atoms with Gasteiger partial charge in [0.2, 0.25) is 0 Å². The quantitative estimate of drug-likeness (QED) is 0.202. The van der Waals surface area contributed by atoms with Gasteiger partial charge < -0.3 is 4.74 Å². The average Bonchev–Trinajstić information content (AvgIpc) is 3.34. The summed E-state index contributed by atoms with van der Waals surface area (Å²) in [5.74, 6) is 2.27. The van der Waals surface area contributed by atoms with Gasteiger partial charge >= 0.3 is 5.69 Å². The molecular weight excluding hydrogens is 404 g/mol. The van der Waals surface area contributed by atoms with Crippen molar-refractivity contribution in [3.05, 3.63) is 70.8 Å². The Morgan fingerprint density at radius 2 is 2.00 bits per heavy atom. The summed E-state index contributed by atoms with van der Waals surface area (Å²) in [5, 5.41) is 24.0. The third kappa shape index (κ3) is 5.07. The van der Waals surface area contributed by atoms with Crippen LogP contribution in [0.25, 0.3) is 0 Å². The fourth-order valence-electron chi connectivity index (χ4n) is 2.84. The predicted molar refractivity (Wildman–Crippen MR) is 115 cm³/mol. The Labute approximate surface area is 178 Å². The summed E-state index contributed by atoms with van der Waals surface area (Å²) in [6.45, 7) is 10.5. The number of thioether (sulfide) groups is 1. The monoisotopic (exact) mass is 428 g/mol. The molecule has 0 aliphatic heterocycles. The maximum atomic E-state index is 10.8. The molecule has 10 heteroatoms. The largest absolute Gasteiger partial charge is 0.483 e. The minimum absolute atomic E-state index is 0.0469. The first kappa shape index (κ1) is 21.6. The van der Waals surface area contributed by atoms with Crippen molar-refractivity contribution in [2.45, 2.75) is 50.4 Å². The van der Waals surface area contributed by atoms with Crippen LogP contribution >= 0.6 is 11.8 Å². The van der Waals surface area contributed by atoms with Crippen molar-refractivity contribution in [3.63, 3.8) is 0 Å². The van der Waals surface area contributed by atoms with Crippen molar-refractivity contribution in [1.29, 1.82) is 0 Å². The normalized spacial score (nSPS) is 12.1. The van der Waals surface area contributed by atoms with Crippen molar-refractivity contribution < 1.29 is 9.66 Å². The van der Waals surface area contributed by atoms with Crippen molar-refractivity contribution >= 4 is 17.4 Å². The Morgan fingerprint density at radius 3 is 2.60 bits per heavy atom. The molecule has 3 rings (SSSR count). The number of benzene rings is 1. The van der Waals surface area contributed by atoms with E-state index in [-0.39, 0.29) is 11.8 Å². The highest BCUT2D eigenvalue weighted by molar-refractivity contribution is 7.98. The molecule has 1 aromatic carbocycles. The Balaban J connectivity index is 1.72. The van der Waals surface area contributed by atoms with Crippen LogP contribution in [0.1, 0.15) is 44.2 Å². The number of nitro groups is 1. The molecule has 2 aromatic heterocycles. The van der Waals surface area contributed by atoms with Gasteiger partial charge in [-0.05, 0) is 30.5 Å². The number of hydrogen-bond acceptors (Lipinski definition) is 7. The Morgan fingerprint density at radius 1 is 1.27 bits per heavy atom. The zero-order chi connectivity index (χ0) is 21.7. The maximum absolute atomic E-state index is 10.8. The lowest BCUT2D eigenvalue weighted by molar-refractivity contribution is -0.385. The first-order valence-electron chi connectivity index (χ1n) is 9.49. The van der Waals surface area contributed by atoms with E-state index in [9.17, 15) is 10.1 Å². The standard InChI is InChI=1S/C20H24N6O3S/c1-5-10-25-19(15(4)29-18-8-6-16(7-9-18)14(2)3)22-23-20(25)30-13-24-12-17(11-21-24)26(27)28/h5-9,11-12,14-15H,1,10,13H2,2-4H3. The summed E-state index contributed by atoms with van der Waals surface area (Å²) < 4.78 is 9.48. The lowest BCUT2D eigenvalue weighted by Crippen LogP contribution is -2.12. The van der Waals surface area contributed by atoms with Crippen LogP contribution in [0.15, 0.2) is 54.5 Å². The minimum atomic E-state index is -0.473. The maximum Gasteiger partial charge on any atom is 0.307 e. The van der Waals surface area contributed by atoms with E-state index in [1.807, 2.05) is 23.6 Å². The number of nitrogens with zero attached hydrogens (tertiary/aromatic N) is 6. The molecule has 0 N–H and O–H groups in total. The summed E-state index contributed by atoms with van der Waals surface area (Å²) in [5.41, 5.74) is 1.21. The molecule has 2 heterocycles. The van der Waals surface area contributed by atoms with Crippen LogP contribution in [0.2, 0.25) is 0 Å². The van der Waals surface area contributed by atoms with Crippen LogP contribution in [0, 0.1) is 10.1 Å². The minimum Gasteiger partial charge on any atom is -0.483 e. The predicted octanol–water partition coefficient (Wildman–Crippen LogP) is 4.58. The fourth-order valence-corrected chi connectivity index (χ4v) is 3.65. The molecule has 0 aliphatic rings. The number of allylic oxidation sites excluding steroid dienone is 1. The molecule has 0 saturated carbocycles. The number of aromatic nitrogens is 5. The molecule has 30 heavy (non-hydrogen) atoms. The fraction of sp³-hybridized carbons (Fsp3) is 0.350. The molecule has 0 bridgehead atoms. The lowest BCUT2D eigenvalue weighted by Gasteiger charge is -2.16. The molecule has 3 aromatic rings. The van der Waals surface area contributed by atoms with Gasteiger partial charge in [-0.3, -0.25) is 19.4 Å². The molecule has 0 amide bonds. The van der Waals surface area contributed by atoms with Gasteiger partial charge in [-0.25, -0.2) is 0 Å². The van der Waals surface area contributed by atoms with Crippen molar-refractivity contribution in [2.75, 3.05) is 0 Å². The van der Waals surface area contributed by atoms with E-state index >= 15 is 0 Å². The van der Waals surface area contributed by atoms with Crippen molar-refractivity contribution in [1.82, 2.24) is 24.5 Å². The molecule has 0 radical (unpaired) electrons. The highest BCUT2D eigenvalue weighted by Crippen LogP contribution is 2.27. The van der Waals surface area contributed by atoms with Crippen LogP contribution in [0.3, 0.4) is 0 Å². The third-order valence-electron chi connectivity index (χ3n) is 4.44. The van der Waals surface area contributed by atoms with Gasteiger partial charge in [0.05, 0.1) is 10.8 Å². The molecular formula is C20H24N6O3S. The van der Waals surface area contributed by atoms with E-state index in [0.717, 1.165) is 5.75 Å². The van der Waals surface area contributed by atoms with Gasteiger partial charge in [0.25, 0.3) is 0 Å². The summed E-state index contributed by atoms with van der Waals surface area (Å²) in [6.07, 6.45) is 4.05. The van der Waals surface area contributed by atoms with E-state index < -0.39 is 4.92 Å². The van der Waals surface area contributed by atoms with Crippen LogP contribution in [0.5, 0.6) is 5.75 Å². The summed E-state index contributed by atoms with van der Waals surface area (Å²) in [6, 6.07) is 8.04. The van der Waals surface area contributed by atoms with Crippen molar-refractivity contribution in [2.24, 2.45) is 0 Å². The first-order chi connectivity index (χ1) is 14.4. The van der Waals surface area contributed by atoms with Gasteiger partial charge in [0.1, 0.15) is 18.1 Å². The summed E-state index contributed by atoms with van der Waals surface area (Å²) in [4.78, 5) is 10.3. The van der Waals surface area contributed by atoms with Gasteiger partial charge in [-0.15, -0.1) is 16.8 Å². The molecule has 0 saturated heterocycles. The molecule has 0 spiro atoms. The highest BCUT2D eigenvalue weighted by atomic mass is 32.2. The third-order valence-corrected chi connectivity index (χ3v) is 5.39. The second-order valence-corrected chi connectivity index (χ2v) is 7.90. The van der Waals surface area contributed by atoms with Gasteiger partial charge in [-0.1, -0.05) is 43.8 Å². The molecule has 1 atom stereocenters. The Hall–Kier alpha value is -3.14. The van der Waals surface area contributed by atoms with Gasteiger partial charge in [0.15, 0.2) is 17.1 Å². The van der Waals surface area contributed by atoms with E-state index in [2.05, 4.69) is 47.9 Å². The zero-order valence-electron chi connectivity index (χ0n) is 17.1. The summed E-state index contributed by atoms with van der Waals surface area (Å²) >= 11 is 1.38. The second kappa shape index (κ2) is 9.57. The zero-order valence-corrected chi connectivity index (χ0v) is 18.0.